The van der Waals surface area contributed by atoms with Crippen LogP contribution in [0.3, 0.4) is 0 Å². The van der Waals surface area contributed by atoms with Crippen LogP contribution in [0.15, 0.2) is 6.33 Å². The fourth-order valence-corrected chi connectivity index (χ4v) is 2.64. The van der Waals surface area contributed by atoms with Crippen LogP contribution in [0.1, 0.15) is 50.9 Å². The average Bonchev–Trinajstić information content (AvgIpc) is 2.87. The molecule has 0 aromatic carbocycles. The van der Waals surface area contributed by atoms with E-state index in [4.69, 9.17) is 4.74 Å². The molecule has 18 heavy (non-hydrogen) atoms. The van der Waals surface area contributed by atoms with Crippen molar-refractivity contribution < 1.29 is 4.74 Å². The van der Waals surface area contributed by atoms with E-state index in [0.717, 1.165) is 31.8 Å². The first-order valence-corrected chi connectivity index (χ1v) is 6.97. The summed E-state index contributed by atoms with van der Waals surface area (Å²) in [5.41, 5.74) is 0. The molecule has 102 valence electrons. The molecule has 1 saturated carbocycles. The summed E-state index contributed by atoms with van der Waals surface area (Å²) in [7, 11) is 1.80. The Balaban J connectivity index is 1.97. The smallest absolute Gasteiger partial charge is 0.141 e. The second kappa shape index (κ2) is 6.85. The molecule has 0 spiro atoms. The maximum Gasteiger partial charge on any atom is 0.141 e. The zero-order chi connectivity index (χ0) is 12.8. The van der Waals surface area contributed by atoms with Crippen LogP contribution in [0.4, 0.5) is 0 Å². The van der Waals surface area contributed by atoms with E-state index in [0.29, 0.717) is 12.1 Å². The maximum atomic E-state index is 5.48. The third-order valence-electron chi connectivity index (χ3n) is 3.63. The molecule has 2 rings (SSSR count). The van der Waals surface area contributed by atoms with Crippen molar-refractivity contribution in [1.82, 2.24) is 20.1 Å². The summed E-state index contributed by atoms with van der Waals surface area (Å²) in [4.78, 5) is 4.36. The summed E-state index contributed by atoms with van der Waals surface area (Å²) >= 11 is 0. The molecule has 1 aromatic rings. The second-order valence-electron chi connectivity index (χ2n) is 4.98. The molecule has 2 unspecified atom stereocenters. The Labute approximate surface area is 109 Å². The van der Waals surface area contributed by atoms with Gasteiger partial charge in [0.15, 0.2) is 0 Å². The van der Waals surface area contributed by atoms with Crippen molar-refractivity contribution in [1.29, 1.82) is 0 Å². The summed E-state index contributed by atoms with van der Waals surface area (Å²) in [6.07, 6.45) is 7.81. The summed E-state index contributed by atoms with van der Waals surface area (Å²) < 4.78 is 7.57. The number of hydrogen-bond donors (Lipinski definition) is 1. The first kappa shape index (κ1) is 13.5. The Morgan fingerprint density at radius 1 is 1.50 bits per heavy atom. The lowest BCUT2D eigenvalue weighted by atomic mass is 9.93. The predicted molar refractivity (Wildman–Crippen MR) is 70.3 cm³/mol. The van der Waals surface area contributed by atoms with Crippen molar-refractivity contribution >= 4 is 0 Å². The summed E-state index contributed by atoms with van der Waals surface area (Å²) in [6, 6.07) is 0.449. The Morgan fingerprint density at radius 3 is 3.17 bits per heavy atom. The van der Waals surface area contributed by atoms with Crippen molar-refractivity contribution in [3.63, 3.8) is 0 Å². The molecule has 2 atom stereocenters. The van der Waals surface area contributed by atoms with E-state index in [1.807, 2.05) is 0 Å². The Kier molecular flexibility index (Phi) is 5.13. The van der Waals surface area contributed by atoms with Crippen molar-refractivity contribution in [3.05, 3.63) is 12.2 Å². The van der Waals surface area contributed by atoms with Gasteiger partial charge in [0.05, 0.1) is 18.7 Å². The van der Waals surface area contributed by atoms with Crippen LogP contribution in [0.5, 0.6) is 0 Å². The highest BCUT2D eigenvalue weighted by molar-refractivity contribution is 4.89. The molecule has 1 heterocycles. The molecule has 1 aliphatic carbocycles. The van der Waals surface area contributed by atoms with Gasteiger partial charge in [-0.25, -0.2) is 9.67 Å². The van der Waals surface area contributed by atoms with E-state index in [2.05, 4.69) is 27.0 Å². The van der Waals surface area contributed by atoms with Crippen LogP contribution in [0.2, 0.25) is 0 Å². The lowest BCUT2D eigenvalue weighted by Crippen LogP contribution is -2.27. The molecule has 1 N–H and O–H groups in total. The van der Waals surface area contributed by atoms with E-state index < -0.39 is 0 Å². The SMILES string of the molecule is CCCNCc1ncnn1C1CCCC(OC)C1. The van der Waals surface area contributed by atoms with Crippen molar-refractivity contribution in [2.24, 2.45) is 0 Å². The summed E-state index contributed by atoms with van der Waals surface area (Å²) in [6.45, 7) is 4.00. The first-order valence-electron chi connectivity index (χ1n) is 6.97. The number of ether oxygens (including phenoxy) is 1. The van der Waals surface area contributed by atoms with Crippen LogP contribution in [-0.4, -0.2) is 34.5 Å². The van der Waals surface area contributed by atoms with Gasteiger partial charge in [0.2, 0.25) is 0 Å². The fraction of sp³-hybridized carbons (Fsp3) is 0.846. The minimum Gasteiger partial charge on any atom is -0.381 e. The molecule has 5 heteroatoms. The zero-order valence-corrected chi connectivity index (χ0v) is 11.4. The normalized spacial score (nSPS) is 24.3. The first-order chi connectivity index (χ1) is 8.85. The van der Waals surface area contributed by atoms with Gasteiger partial charge in [-0.1, -0.05) is 6.92 Å². The molecular weight excluding hydrogens is 228 g/mol. The quantitative estimate of drug-likeness (QED) is 0.786. The van der Waals surface area contributed by atoms with Gasteiger partial charge in [-0.2, -0.15) is 5.10 Å². The summed E-state index contributed by atoms with van der Waals surface area (Å²) in [5.74, 6) is 1.05. The molecule has 0 saturated heterocycles. The second-order valence-corrected chi connectivity index (χ2v) is 4.98. The number of hydrogen-bond acceptors (Lipinski definition) is 4. The minimum atomic E-state index is 0.379. The van der Waals surface area contributed by atoms with Gasteiger partial charge in [-0.05, 0) is 38.6 Å². The van der Waals surface area contributed by atoms with Crippen LogP contribution in [-0.2, 0) is 11.3 Å². The molecule has 1 aliphatic rings. The topological polar surface area (TPSA) is 52.0 Å². The number of aromatic nitrogens is 3. The predicted octanol–water partition coefficient (Wildman–Crippen LogP) is 1.91. The van der Waals surface area contributed by atoms with Crippen LogP contribution >= 0.6 is 0 Å². The van der Waals surface area contributed by atoms with Gasteiger partial charge in [-0.15, -0.1) is 0 Å². The van der Waals surface area contributed by atoms with E-state index in [9.17, 15) is 0 Å². The Hall–Kier alpha value is -0.940. The Morgan fingerprint density at radius 2 is 2.39 bits per heavy atom. The summed E-state index contributed by atoms with van der Waals surface area (Å²) in [5, 5.41) is 7.78. The third-order valence-corrected chi connectivity index (χ3v) is 3.63. The zero-order valence-electron chi connectivity index (χ0n) is 11.4. The molecule has 0 bridgehead atoms. The molecule has 5 nitrogen and oxygen atoms in total. The minimum absolute atomic E-state index is 0.379. The highest BCUT2D eigenvalue weighted by atomic mass is 16.5. The maximum absolute atomic E-state index is 5.48. The molecule has 0 amide bonds. The van der Waals surface area contributed by atoms with E-state index >= 15 is 0 Å². The monoisotopic (exact) mass is 252 g/mol. The highest BCUT2D eigenvalue weighted by Gasteiger charge is 2.25. The van der Waals surface area contributed by atoms with Gasteiger partial charge in [0, 0.05) is 7.11 Å². The molecule has 1 fully saturated rings. The Bertz CT molecular complexity index is 353. The van der Waals surface area contributed by atoms with Gasteiger partial charge >= 0.3 is 0 Å². The number of methoxy groups -OCH3 is 1. The molecule has 0 radical (unpaired) electrons. The number of rotatable bonds is 6. The van der Waals surface area contributed by atoms with E-state index in [1.54, 1.807) is 13.4 Å². The van der Waals surface area contributed by atoms with Crippen molar-refractivity contribution in [2.45, 2.75) is 57.7 Å². The standard InChI is InChI=1S/C13H24N4O/c1-3-7-14-9-13-15-10-16-17(13)11-5-4-6-12(8-11)18-2/h10-12,14H,3-9H2,1-2H3. The van der Waals surface area contributed by atoms with Crippen molar-refractivity contribution in [2.75, 3.05) is 13.7 Å². The third kappa shape index (κ3) is 3.29. The number of nitrogens with one attached hydrogen (secondary N) is 1. The largest absolute Gasteiger partial charge is 0.381 e. The van der Waals surface area contributed by atoms with Gasteiger partial charge in [0.25, 0.3) is 0 Å². The molecular formula is C13H24N4O. The van der Waals surface area contributed by atoms with Crippen LogP contribution < -0.4 is 5.32 Å². The van der Waals surface area contributed by atoms with Gasteiger partial charge in [-0.3, -0.25) is 0 Å². The van der Waals surface area contributed by atoms with Gasteiger partial charge in [0.1, 0.15) is 12.2 Å². The van der Waals surface area contributed by atoms with Crippen LogP contribution in [0, 0.1) is 0 Å². The fourth-order valence-electron chi connectivity index (χ4n) is 2.64. The van der Waals surface area contributed by atoms with E-state index in [1.165, 1.54) is 19.3 Å². The van der Waals surface area contributed by atoms with Crippen LogP contribution in [0.25, 0.3) is 0 Å². The lowest BCUT2D eigenvalue weighted by molar-refractivity contribution is 0.0501. The molecule has 0 aliphatic heterocycles. The molecule has 1 aromatic heterocycles. The highest BCUT2D eigenvalue weighted by Crippen LogP contribution is 2.29. The number of nitrogens with zero attached hydrogens (tertiary/aromatic N) is 3. The average molecular weight is 252 g/mol. The lowest BCUT2D eigenvalue weighted by Gasteiger charge is -2.29. The van der Waals surface area contributed by atoms with Gasteiger partial charge < -0.3 is 10.1 Å². The van der Waals surface area contributed by atoms with E-state index in [-0.39, 0.29) is 0 Å². The van der Waals surface area contributed by atoms with Crippen molar-refractivity contribution in [3.8, 4) is 0 Å².